The maximum absolute atomic E-state index is 13.2. The molecule has 0 aromatic carbocycles. The molecule has 0 saturated carbocycles. The zero-order chi connectivity index (χ0) is 15.7. The lowest BCUT2D eigenvalue weighted by Gasteiger charge is -2.06. The second kappa shape index (κ2) is 4.64. The zero-order valence-electron chi connectivity index (χ0n) is 11.2. The predicted octanol–water partition coefficient (Wildman–Crippen LogP) is 1.74. The number of ether oxygens (including phenoxy) is 2. The van der Waals surface area contributed by atoms with Crippen LogP contribution in [0.1, 0.15) is 5.48 Å². The molecule has 0 saturated heterocycles. The first kappa shape index (κ1) is 7.25. The van der Waals surface area contributed by atoms with Crippen LogP contribution >= 0.6 is 0 Å². The van der Waals surface area contributed by atoms with Gasteiger partial charge < -0.3 is 9.47 Å². The summed E-state index contributed by atoms with van der Waals surface area (Å²) in [5.41, 5.74) is -1.20. The SMILES string of the molecule is [2H]C([2H])([2H])Oc1nc(OC([2H])(F)F)c(F)cc1[N+](=O)[O-]. The molecule has 0 bridgehead atoms. The number of nitrogens with zero attached hydrogens (tertiary/aromatic N) is 2. The van der Waals surface area contributed by atoms with Crippen molar-refractivity contribution in [2.45, 2.75) is 6.59 Å². The summed E-state index contributed by atoms with van der Waals surface area (Å²) in [5.74, 6) is -4.42. The molecule has 0 unspecified atom stereocenters. The van der Waals surface area contributed by atoms with Crippen LogP contribution in [0.15, 0.2) is 6.07 Å². The molecule has 1 heterocycles. The van der Waals surface area contributed by atoms with Crippen molar-refractivity contribution in [1.82, 2.24) is 4.98 Å². The fraction of sp³-hybridized carbons (Fsp3) is 0.286. The van der Waals surface area contributed by atoms with Crippen LogP contribution in [0.25, 0.3) is 0 Å². The Hall–Kier alpha value is -2.06. The monoisotopic (exact) mass is 242 g/mol. The van der Waals surface area contributed by atoms with E-state index in [1.165, 1.54) is 0 Å². The summed E-state index contributed by atoms with van der Waals surface area (Å²) >= 11 is 0. The van der Waals surface area contributed by atoms with Crippen molar-refractivity contribution >= 4 is 5.69 Å². The number of hydrogen-bond donors (Lipinski definition) is 0. The molecule has 6 nitrogen and oxygen atoms in total. The molecule has 0 fully saturated rings. The fourth-order valence-electron chi connectivity index (χ4n) is 0.797. The number of pyridine rings is 1. The van der Waals surface area contributed by atoms with Crippen LogP contribution in [0.4, 0.5) is 18.9 Å². The van der Waals surface area contributed by atoms with Crippen molar-refractivity contribution in [3.63, 3.8) is 0 Å². The van der Waals surface area contributed by atoms with Crippen LogP contribution in [0.5, 0.6) is 11.8 Å². The maximum atomic E-state index is 13.2. The Morgan fingerprint density at radius 3 is 2.88 bits per heavy atom. The van der Waals surface area contributed by atoms with E-state index in [-0.39, 0.29) is 6.07 Å². The fourth-order valence-corrected chi connectivity index (χ4v) is 0.797. The van der Waals surface area contributed by atoms with Crippen molar-refractivity contribution in [2.24, 2.45) is 0 Å². The summed E-state index contributed by atoms with van der Waals surface area (Å²) in [6.45, 7) is -4.57. The van der Waals surface area contributed by atoms with Crippen molar-refractivity contribution in [2.75, 3.05) is 7.04 Å². The van der Waals surface area contributed by atoms with Gasteiger partial charge in [-0.15, -0.1) is 0 Å². The third-order valence-corrected chi connectivity index (χ3v) is 1.36. The van der Waals surface area contributed by atoms with Gasteiger partial charge in [0.15, 0.2) is 7.19 Å². The molecule has 0 spiro atoms. The number of methoxy groups -OCH3 is 1. The molecule has 1 aromatic heterocycles. The Morgan fingerprint density at radius 1 is 1.69 bits per heavy atom. The molecule has 0 atom stereocenters. The van der Waals surface area contributed by atoms with E-state index in [0.717, 1.165) is 0 Å². The Labute approximate surface area is 92.4 Å². The van der Waals surface area contributed by atoms with Gasteiger partial charge in [0.2, 0.25) is 0 Å². The van der Waals surface area contributed by atoms with Crippen LogP contribution in [-0.4, -0.2) is 23.5 Å². The lowest BCUT2D eigenvalue weighted by Crippen LogP contribution is -2.07. The standard InChI is InChI=1S/C7H5F3N2O4/c1-15-6-4(12(13)14)2-3(8)5(11-6)16-7(9)10/h2,7H,1H3/i1D3,7D. The molecule has 0 aliphatic heterocycles. The summed E-state index contributed by atoms with van der Waals surface area (Å²) in [7, 11) is -3.18. The third-order valence-electron chi connectivity index (χ3n) is 1.36. The van der Waals surface area contributed by atoms with Gasteiger partial charge in [0, 0.05) is 0 Å². The van der Waals surface area contributed by atoms with Crippen LogP contribution in [0.3, 0.4) is 0 Å². The highest BCUT2D eigenvalue weighted by molar-refractivity contribution is 5.43. The molecule has 1 aromatic rings. The average molecular weight is 242 g/mol. The zero-order valence-corrected chi connectivity index (χ0v) is 7.24. The first-order valence-corrected chi connectivity index (χ1v) is 3.50. The normalized spacial score (nSPS) is 15.4. The van der Waals surface area contributed by atoms with E-state index in [4.69, 9.17) is 5.48 Å². The first-order chi connectivity index (χ1) is 8.89. The molecule has 9 heteroatoms. The number of alkyl halides is 2. The highest BCUT2D eigenvalue weighted by Gasteiger charge is 2.23. The predicted molar refractivity (Wildman–Crippen MR) is 44.0 cm³/mol. The van der Waals surface area contributed by atoms with E-state index >= 15 is 0 Å². The maximum Gasteiger partial charge on any atom is 0.388 e. The summed E-state index contributed by atoms with van der Waals surface area (Å²) < 4.78 is 71.7. The molecule has 0 aliphatic rings. The van der Waals surface area contributed by atoms with Crippen LogP contribution in [-0.2, 0) is 0 Å². The van der Waals surface area contributed by atoms with Gasteiger partial charge in [-0.25, -0.2) is 4.39 Å². The highest BCUT2D eigenvalue weighted by Crippen LogP contribution is 2.30. The van der Waals surface area contributed by atoms with Gasteiger partial charge in [-0.3, -0.25) is 10.1 Å². The van der Waals surface area contributed by atoms with Crippen LogP contribution in [0, 0.1) is 15.9 Å². The molecule has 1 rings (SSSR count). The van der Waals surface area contributed by atoms with Gasteiger partial charge >= 0.3 is 12.3 Å². The van der Waals surface area contributed by atoms with E-state index < -0.39 is 41.8 Å². The third kappa shape index (κ3) is 2.49. The number of aromatic nitrogens is 1. The largest absolute Gasteiger partial charge is 0.476 e. The minimum Gasteiger partial charge on any atom is -0.476 e. The number of rotatable bonds is 4. The number of halogens is 3. The smallest absolute Gasteiger partial charge is 0.388 e. The Kier molecular flexibility index (Phi) is 2.10. The van der Waals surface area contributed by atoms with Crippen LogP contribution < -0.4 is 9.47 Å². The molecular weight excluding hydrogens is 233 g/mol. The molecule has 0 radical (unpaired) electrons. The van der Waals surface area contributed by atoms with Crippen molar-refractivity contribution in [3.8, 4) is 11.8 Å². The number of hydrogen-bond acceptors (Lipinski definition) is 5. The van der Waals surface area contributed by atoms with Gasteiger partial charge in [0.05, 0.1) is 22.1 Å². The Bertz CT molecular complexity index is 534. The van der Waals surface area contributed by atoms with Gasteiger partial charge in [0.1, 0.15) is 0 Å². The molecule has 16 heavy (non-hydrogen) atoms. The van der Waals surface area contributed by atoms with Crippen molar-refractivity contribution in [1.29, 1.82) is 0 Å². The number of nitro groups is 1. The minimum absolute atomic E-state index is 0.0924. The quantitative estimate of drug-likeness (QED) is 0.593. The molecule has 0 amide bonds. The summed E-state index contributed by atoms with van der Waals surface area (Å²) in [6.07, 6.45) is 0. The second-order valence-corrected chi connectivity index (χ2v) is 2.29. The topological polar surface area (TPSA) is 74.5 Å². The average Bonchev–Trinajstić information content (AvgIpc) is 2.17. The Morgan fingerprint density at radius 2 is 2.38 bits per heavy atom. The molecule has 0 aliphatic carbocycles. The van der Waals surface area contributed by atoms with Gasteiger partial charge in [-0.2, -0.15) is 13.8 Å². The second-order valence-electron chi connectivity index (χ2n) is 2.29. The van der Waals surface area contributed by atoms with E-state index in [9.17, 15) is 23.3 Å². The van der Waals surface area contributed by atoms with E-state index in [1.807, 2.05) is 0 Å². The first-order valence-electron chi connectivity index (χ1n) is 5.50. The van der Waals surface area contributed by atoms with E-state index in [1.54, 1.807) is 0 Å². The minimum atomic E-state index is -4.57. The van der Waals surface area contributed by atoms with E-state index in [2.05, 4.69) is 14.5 Å². The molecule has 0 N–H and O–H groups in total. The lowest BCUT2D eigenvalue weighted by molar-refractivity contribution is -0.386. The molecular formula is C7H5F3N2O4. The van der Waals surface area contributed by atoms with Gasteiger partial charge in [-0.1, -0.05) is 0 Å². The van der Waals surface area contributed by atoms with Gasteiger partial charge in [0.25, 0.3) is 11.8 Å². The summed E-state index contributed by atoms with van der Waals surface area (Å²) in [5, 5.41) is 10.6. The molecule has 88 valence electrons. The van der Waals surface area contributed by atoms with Crippen molar-refractivity contribution in [3.05, 3.63) is 22.0 Å². The van der Waals surface area contributed by atoms with E-state index in [0.29, 0.717) is 0 Å². The van der Waals surface area contributed by atoms with Gasteiger partial charge in [-0.05, 0) is 0 Å². The highest BCUT2D eigenvalue weighted by atomic mass is 19.3. The van der Waals surface area contributed by atoms with Crippen LogP contribution in [0.2, 0.25) is 0 Å². The summed E-state index contributed by atoms with van der Waals surface area (Å²) in [6, 6.07) is 0.0924. The van der Waals surface area contributed by atoms with Crippen molar-refractivity contribution < 1.29 is 33.1 Å². The lowest BCUT2D eigenvalue weighted by atomic mass is 10.4. The Balaban J connectivity index is 3.31. The summed E-state index contributed by atoms with van der Waals surface area (Å²) in [4.78, 5) is 12.2.